The van der Waals surface area contributed by atoms with Gasteiger partial charge in [-0.25, -0.2) is 0 Å². The molecule has 54 heavy (non-hydrogen) atoms. The average molecular weight is 709 g/mol. The third-order valence-electron chi connectivity index (χ3n) is 10.4. The van der Waals surface area contributed by atoms with Crippen LogP contribution in [0.1, 0.15) is 22.3 Å². The maximum Gasteiger partial charge on any atom is 0.299 e. The van der Waals surface area contributed by atoms with E-state index in [1.54, 1.807) is 24.3 Å². The van der Waals surface area contributed by atoms with Crippen molar-refractivity contribution in [2.75, 3.05) is 0 Å². The molecule has 260 valence electrons. The Kier molecular flexibility index (Phi) is 8.12. The van der Waals surface area contributed by atoms with Crippen molar-refractivity contribution in [3.05, 3.63) is 216 Å². The van der Waals surface area contributed by atoms with Gasteiger partial charge in [0, 0.05) is 22.3 Å². The molecule has 0 radical (unpaired) electrons. The van der Waals surface area contributed by atoms with E-state index in [4.69, 9.17) is 0 Å². The molecule has 0 saturated heterocycles. The Balaban J connectivity index is 0.000000142. The van der Waals surface area contributed by atoms with Crippen LogP contribution in [-0.4, -0.2) is 0 Å². The van der Waals surface area contributed by atoms with E-state index in [-0.39, 0.29) is 22.3 Å². The van der Waals surface area contributed by atoms with Crippen LogP contribution >= 0.6 is 0 Å². The van der Waals surface area contributed by atoms with Gasteiger partial charge < -0.3 is 0 Å². The number of benzene rings is 8. The highest BCUT2D eigenvalue weighted by Gasteiger charge is 2.45. The fourth-order valence-electron chi connectivity index (χ4n) is 7.69. The molecule has 0 fully saturated rings. The standard InChI is InChI=1S/2C25H16F2/c2*26-25(27)23-15-19(17-7-3-1-4-8-17)11-13-21(23)22-14-12-20(16-24(22)25)18-9-5-2-6-10-18/h2*1-16H. The molecule has 0 unspecified atom stereocenters. The lowest BCUT2D eigenvalue weighted by Crippen LogP contribution is -2.11. The lowest BCUT2D eigenvalue weighted by Gasteiger charge is -2.14. The minimum absolute atomic E-state index is 0.0871. The molecule has 8 aromatic rings. The van der Waals surface area contributed by atoms with Crippen molar-refractivity contribution in [2.45, 2.75) is 11.8 Å². The highest BCUT2D eigenvalue weighted by Crippen LogP contribution is 2.54. The zero-order valence-electron chi connectivity index (χ0n) is 29.0. The van der Waals surface area contributed by atoms with Crippen LogP contribution in [0.4, 0.5) is 17.6 Å². The molecule has 0 spiro atoms. The van der Waals surface area contributed by atoms with Crippen molar-refractivity contribution in [3.8, 4) is 66.8 Å². The quantitative estimate of drug-likeness (QED) is 0.160. The summed E-state index contributed by atoms with van der Waals surface area (Å²) in [4.78, 5) is 0. The Morgan fingerprint density at radius 3 is 0.630 bits per heavy atom. The van der Waals surface area contributed by atoms with Gasteiger partial charge in [-0.3, -0.25) is 0 Å². The summed E-state index contributed by atoms with van der Waals surface area (Å²) in [6.45, 7) is 0. The molecule has 8 aromatic carbocycles. The molecular weight excluding hydrogens is 677 g/mol. The summed E-state index contributed by atoms with van der Waals surface area (Å²) < 4.78 is 61.3. The summed E-state index contributed by atoms with van der Waals surface area (Å²) in [5, 5.41) is 0. The largest absolute Gasteiger partial charge is 0.299 e. The molecule has 0 saturated carbocycles. The van der Waals surface area contributed by atoms with Gasteiger partial charge in [-0.15, -0.1) is 0 Å². The number of hydrogen-bond donors (Lipinski definition) is 0. The lowest BCUT2D eigenvalue weighted by atomic mass is 9.98. The third-order valence-corrected chi connectivity index (χ3v) is 10.4. The van der Waals surface area contributed by atoms with E-state index >= 15 is 17.6 Å². The smallest absolute Gasteiger partial charge is 0.196 e. The normalized spacial score (nSPS) is 13.9. The summed E-state index contributed by atoms with van der Waals surface area (Å²) in [6, 6.07) is 60.0. The van der Waals surface area contributed by atoms with Gasteiger partial charge in [-0.2, -0.15) is 17.6 Å². The Bertz CT molecular complexity index is 2260. The fourth-order valence-corrected chi connectivity index (χ4v) is 7.69. The maximum atomic E-state index is 15.3. The van der Waals surface area contributed by atoms with Crippen LogP contribution in [-0.2, 0) is 11.8 Å². The van der Waals surface area contributed by atoms with E-state index in [1.807, 2.05) is 170 Å². The van der Waals surface area contributed by atoms with Crippen molar-refractivity contribution in [3.63, 3.8) is 0 Å². The molecule has 0 bridgehead atoms. The predicted molar refractivity (Wildman–Crippen MR) is 211 cm³/mol. The minimum atomic E-state index is -3.00. The summed E-state index contributed by atoms with van der Waals surface area (Å²) in [5.41, 5.74) is 9.84. The van der Waals surface area contributed by atoms with Crippen molar-refractivity contribution >= 4 is 0 Å². The van der Waals surface area contributed by atoms with Crippen LogP contribution in [0.2, 0.25) is 0 Å². The predicted octanol–water partition coefficient (Wildman–Crippen LogP) is 14.3. The van der Waals surface area contributed by atoms with Crippen LogP contribution in [0.25, 0.3) is 66.8 Å². The number of rotatable bonds is 4. The first kappa shape index (κ1) is 33.3. The molecule has 0 atom stereocenters. The molecule has 0 nitrogen and oxygen atoms in total. The van der Waals surface area contributed by atoms with Crippen molar-refractivity contribution in [2.24, 2.45) is 0 Å². The number of hydrogen-bond acceptors (Lipinski definition) is 0. The lowest BCUT2D eigenvalue weighted by molar-refractivity contribution is 0.0475. The van der Waals surface area contributed by atoms with Crippen molar-refractivity contribution in [1.29, 1.82) is 0 Å². The monoisotopic (exact) mass is 708 g/mol. The number of fused-ring (bicyclic) bond motifs is 6. The van der Waals surface area contributed by atoms with E-state index in [2.05, 4.69) is 0 Å². The number of halogens is 4. The Morgan fingerprint density at radius 1 is 0.222 bits per heavy atom. The second-order valence-electron chi connectivity index (χ2n) is 13.7. The first-order valence-electron chi connectivity index (χ1n) is 17.9. The first-order chi connectivity index (χ1) is 26.3. The van der Waals surface area contributed by atoms with E-state index < -0.39 is 11.8 Å². The van der Waals surface area contributed by atoms with E-state index in [0.717, 1.165) is 44.5 Å². The molecule has 2 aliphatic carbocycles. The zero-order valence-corrected chi connectivity index (χ0v) is 29.0. The summed E-state index contributed by atoms with van der Waals surface area (Å²) >= 11 is 0. The van der Waals surface area contributed by atoms with Crippen LogP contribution in [0, 0.1) is 0 Å². The topological polar surface area (TPSA) is 0 Å². The van der Waals surface area contributed by atoms with Gasteiger partial charge in [0.15, 0.2) is 0 Å². The molecule has 0 amide bonds. The van der Waals surface area contributed by atoms with Crippen LogP contribution in [0.15, 0.2) is 194 Å². The van der Waals surface area contributed by atoms with Gasteiger partial charge >= 0.3 is 0 Å². The molecule has 0 aliphatic heterocycles. The molecule has 0 N–H and O–H groups in total. The highest BCUT2D eigenvalue weighted by molar-refractivity contribution is 5.86. The van der Waals surface area contributed by atoms with Crippen molar-refractivity contribution < 1.29 is 17.6 Å². The summed E-state index contributed by atoms with van der Waals surface area (Å²) in [6.07, 6.45) is 0. The number of alkyl halides is 4. The van der Waals surface area contributed by atoms with Gasteiger partial charge in [0.1, 0.15) is 0 Å². The van der Waals surface area contributed by atoms with E-state index in [9.17, 15) is 0 Å². The van der Waals surface area contributed by atoms with Crippen LogP contribution in [0.3, 0.4) is 0 Å². The van der Waals surface area contributed by atoms with Crippen LogP contribution < -0.4 is 0 Å². The molecule has 2 aliphatic rings. The van der Waals surface area contributed by atoms with Gasteiger partial charge in [0.25, 0.3) is 11.8 Å². The van der Waals surface area contributed by atoms with Gasteiger partial charge in [0.05, 0.1) is 0 Å². The molecule has 0 heterocycles. The SMILES string of the molecule is FC1(F)c2cc(-c3ccccc3)ccc2-c2ccc(-c3ccccc3)cc21.FC1(F)c2cc(-c3ccccc3)ccc2-c2ccc(-c3ccccc3)cc21. The Hall–Kier alpha value is -6.52. The van der Waals surface area contributed by atoms with Gasteiger partial charge in [0.2, 0.25) is 0 Å². The van der Waals surface area contributed by atoms with E-state index in [0.29, 0.717) is 22.3 Å². The third kappa shape index (κ3) is 5.71. The zero-order chi connectivity index (χ0) is 36.9. The molecule has 4 heteroatoms. The first-order valence-corrected chi connectivity index (χ1v) is 17.9. The molecular formula is C50H32F4. The minimum Gasteiger partial charge on any atom is -0.196 e. The second kappa shape index (κ2) is 13.2. The summed E-state index contributed by atoms with van der Waals surface area (Å²) in [7, 11) is 0. The Morgan fingerprint density at radius 2 is 0.426 bits per heavy atom. The van der Waals surface area contributed by atoms with E-state index in [1.165, 1.54) is 0 Å². The van der Waals surface area contributed by atoms with Gasteiger partial charge in [-0.05, 0) is 91.0 Å². The Labute approximate surface area is 311 Å². The highest BCUT2D eigenvalue weighted by atomic mass is 19.3. The molecule has 0 aromatic heterocycles. The fraction of sp³-hybridized carbons (Fsp3) is 0.0400. The van der Waals surface area contributed by atoms with Crippen molar-refractivity contribution in [1.82, 2.24) is 0 Å². The van der Waals surface area contributed by atoms with Crippen LogP contribution in [0.5, 0.6) is 0 Å². The molecule has 10 rings (SSSR count). The van der Waals surface area contributed by atoms with Gasteiger partial charge in [-0.1, -0.05) is 170 Å². The average Bonchev–Trinajstić information content (AvgIpc) is 3.60. The maximum absolute atomic E-state index is 15.3. The summed E-state index contributed by atoms with van der Waals surface area (Å²) in [5.74, 6) is -6.00. The second-order valence-corrected chi connectivity index (χ2v) is 13.7.